The van der Waals surface area contributed by atoms with Gasteiger partial charge >= 0.3 is 17.9 Å². The first kappa shape index (κ1) is 106. The van der Waals surface area contributed by atoms with E-state index in [1.165, 1.54) is 40.2 Å². The second-order valence-corrected chi connectivity index (χ2v) is 30.2. The summed E-state index contributed by atoms with van der Waals surface area (Å²) in [5, 5.41) is 62.7. The summed E-state index contributed by atoms with van der Waals surface area (Å²) in [6.45, 7) is 12.9. The number of carbonyl (C=O) groups is 16. The third kappa shape index (κ3) is 43.4. The van der Waals surface area contributed by atoms with Gasteiger partial charge in [-0.15, -0.1) is 0 Å². The van der Waals surface area contributed by atoms with Crippen molar-refractivity contribution in [3.63, 3.8) is 0 Å². The molecule has 0 spiro atoms. The molecular weight excluding hydrogens is 1560 g/mol. The first-order valence-electron chi connectivity index (χ1n) is 40.4. The number of carbonyl (C=O) groups excluding carboxylic acids is 13. The summed E-state index contributed by atoms with van der Waals surface area (Å²) in [7, 11) is 0. The highest BCUT2D eigenvalue weighted by atomic mass is 16.4. The van der Waals surface area contributed by atoms with E-state index < -0.39 is 210 Å². The maximum atomic E-state index is 14.7. The molecule has 0 radical (unpaired) electrons. The molecule has 0 unspecified atom stereocenters. The fourth-order valence-electron chi connectivity index (χ4n) is 12.0. The number of unbranched alkanes of at least 4 members (excludes halogenated alkanes) is 4. The Labute approximate surface area is 693 Å². The summed E-state index contributed by atoms with van der Waals surface area (Å²) in [4.78, 5) is 235. The standard InChI is InChI=1S/C74H134N26O19/c1-9-42(8)59(71(117)97-50(32-39(2)3)65(111)92-47(22-12-16-28-77)63(109)91-48(23-13-17-29-78)64(110)96-53(35-56(104)105)67(113)98-57(40(4)5)69(115)93-49(72(118)119)25-19-31-86-74(82)83)100-70(116)58(41(6)7)99-68(114)52(34-55(102)103)95-62(108)46(24-18-30-85-73(80)81)89-54(101)37-87-61(107)45(21-11-15-27-76)90-66(112)51(33-43-36-84-38-88-43)94-60(106)44(79)20-10-14-26-75/h36,38-42,44-53,57-59H,9-35,37,75-79H2,1-8H3,(H,84,88)(H,87,107)(H,89,101)(H,90,112)(H,91,109)(H,92,111)(H,93,115)(H,94,106)(H,95,108)(H,96,110)(H,97,117)(H,98,113)(H,99,114)(H,100,116)(H,102,103)(H,104,105)(H,118,119)(H4,80,81,85)(H4,82,83,86)/t42-,44-,45-,46-,47-,48-,49-,50-,51-,52-,53-,57-,58-,59-/m0/s1. The van der Waals surface area contributed by atoms with Gasteiger partial charge in [-0.05, 0) is 153 Å². The molecule has 674 valence electrons. The number of nitrogens with one attached hydrogen (secondary N) is 14. The van der Waals surface area contributed by atoms with Gasteiger partial charge in [-0.1, -0.05) is 68.2 Å². The minimum atomic E-state index is -1.95. The Balaban J connectivity index is 3.63. The second-order valence-electron chi connectivity index (χ2n) is 30.2. The van der Waals surface area contributed by atoms with Crippen LogP contribution in [0.4, 0.5) is 0 Å². The van der Waals surface area contributed by atoms with E-state index in [4.69, 9.17) is 51.6 Å². The fourth-order valence-corrected chi connectivity index (χ4v) is 12.0. The monoisotopic (exact) mass is 1690 g/mol. The first-order valence-corrected chi connectivity index (χ1v) is 40.4. The van der Waals surface area contributed by atoms with Gasteiger partial charge in [-0.2, -0.15) is 0 Å². The number of hydrogen-bond acceptors (Lipinski definition) is 24. The van der Waals surface area contributed by atoms with E-state index in [0.29, 0.717) is 50.8 Å². The number of amides is 13. The maximum Gasteiger partial charge on any atom is 0.326 e. The van der Waals surface area contributed by atoms with Crippen LogP contribution < -0.4 is 121 Å². The number of aromatic amines is 1. The molecule has 0 aliphatic rings. The molecule has 0 saturated heterocycles. The predicted octanol–water partition coefficient (Wildman–Crippen LogP) is -6.73. The summed E-state index contributed by atoms with van der Waals surface area (Å²) >= 11 is 0. The summed E-state index contributed by atoms with van der Waals surface area (Å²) in [5.41, 5.74) is 51.3. The van der Waals surface area contributed by atoms with Crippen molar-refractivity contribution in [2.75, 3.05) is 45.8 Å². The molecule has 0 bridgehead atoms. The van der Waals surface area contributed by atoms with E-state index in [-0.39, 0.29) is 134 Å². The lowest BCUT2D eigenvalue weighted by Gasteiger charge is -2.31. The zero-order valence-corrected chi connectivity index (χ0v) is 69.7. The van der Waals surface area contributed by atoms with Crippen LogP contribution in [-0.4, -0.2) is 256 Å². The number of hydrogen-bond donors (Lipinski definition) is 26. The minimum Gasteiger partial charge on any atom is -0.481 e. The second kappa shape index (κ2) is 58.0. The van der Waals surface area contributed by atoms with Gasteiger partial charge in [0.1, 0.15) is 72.5 Å². The number of guanidine groups is 2. The molecule has 45 nitrogen and oxygen atoms in total. The number of imidazole rings is 1. The van der Waals surface area contributed by atoms with Gasteiger partial charge in [0, 0.05) is 31.4 Å². The molecule has 13 amide bonds. The predicted molar refractivity (Wildman–Crippen MR) is 439 cm³/mol. The van der Waals surface area contributed by atoms with Crippen molar-refractivity contribution in [3.05, 3.63) is 18.2 Å². The molecule has 0 aliphatic heterocycles. The molecule has 1 aromatic rings. The number of aromatic nitrogens is 2. The molecule has 35 N–H and O–H groups in total. The van der Waals surface area contributed by atoms with Gasteiger partial charge in [-0.25, -0.2) is 9.78 Å². The average molecular weight is 1690 g/mol. The number of aliphatic imine (C=N–C) groups is 2. The van der Waals surface area contributed by atoms with E-state index in [9.17, 15) is 92.0 Å². The zero-order valence-electron chi connectivity index (χ0n) is 69.7. The van der Waals surface area contributed by atoms with Crippen molar-refractivity contribution < 1.29 is 92.0 Å². The fraction of sp³-hybridized carbons (Fsp3) is 0.716. The Hall–Kier alpha value is -10.9. The number of carboxylic acid groups (broad SMARTS) is 3. The molecule has 14 atom stereocenters. The normalized spacial score (nSPS) is 14.7. The molecule has 45 heteroatoms. The number of nitrogens with zero attached hydrogens (tertiary/aromatic N) is 3. The average Bonchev–Trinajstić information content (AvgIpc) is 1.71. The van der Waals surface area contributed by atoms with Crippen LogP contribution >= 0.6 is 0 Å². The maximum absolute atomic E-state index is 14.7. The molecule has 0 aromatic carbocycles. The summed E-state index contributed by atoms with van der Waals surface area (Å²) in [5.74, 6) is -20.1. The number of nitrogens with two attached hydrogens (primary N) is 9. The molecule has 1 rings (SSSR count). The van der Waals surface area contributed by atoms with Crippen LogP contribution in [0.1, 0.15) is 190 Å². The lowest BCUT2D eigenvalue weighted by molar-refractivity contribution is -0.143. The molecule has 0 fully saturated rings. The minimum absolute atomic E-state index is 0.00505. The third-order valence-corrected chi connectivity index (χ3v) is 18.9. The van der Waals surface area contributed by atoms with Crippen molar-refractivity contribution in [2.45, 2.75) is 269 Å². The largest absolute Gasteiger partial charge is 0.481 e. The smallest absolute Gasteiger partial charge is 0.326 e. The van der Waals surface area contributed by atoms with Crippen LogP contribution in [-0.2, 0) is 83.1 Å². The highest BCUT2D eigenvalue weighted by Crippen LogP contribution is 2.17. The van der Waals surface area contributed by atoms with Crippen LogP contribution in [0.25, 0.3) is 0 Å². The highest BCUT2D eigenvalue weighted by molar-refractivity contribution is 6.01. The molecule has 119 heavy (non-hydrogen) atoms. The van der Waals surface area contributed by atoms with Crippen molar-refractivity contribution in [3.8, 4) is 0 Å². The number of aliphatic carboxylic acids is 3. The van der Waals surface area contributed by atoms with Gasteiger partial charge in [-0.3, -0.25) is 81.9 Å². The lowest BCUT2D eigenvalue weighted by atomic mass is 9.95. The Morgan fingerprint density at radius 1 is 0.403 bits per heavy atom. The molecule has 1 heterocycles. The van der Waals surface area contributed by atoms with Crippen molar-refractivity contribution in [1.29, 1.82) is 0 Å². The molecule has 0 aliphatic carbocycles. The molecule has 0 saturated carbocycles. The van der Waals surface area contributed by atoms with Crippen LogP contribution in [0.3, 0.4) is 0 Å². The topological polar surface area (TPSA) is 778 Å². The lowest BCUT2D eigenvalue weighted by Crippen LogP contribution is -2.62. The van der Waals surface area contributed by atoms with Gasteiger partial charge in [0.15, 0.2) is 11.9 Å². The quantitative estimate of drug-likeness (QED) is 0.0164. The zero-order chi connectivity index (χ0) is 90.0. The van der Waals surface area contributed by atoms with E-state index in [0.717, 1.165) is 0 Å². The van der Waals surface area contributed by atoms with Crippen molar-refractivity contribution in [1.82, 2.24) is 79.1 Å². The Bertz CT molecular complexity index is 3470. The summed E-state index contributed by atoms with van der Waals surface area (Å²) < 4.78 is 0. The Morgan fingerprint density at radius 2 is 0.748 bits per heavy atom. The van der Waals surface area contributed by atoms with E-state index in [2.05, 4.69) is 89.1 Å². The van der Waals surface area contributed by atoms with Crippen molar-refractivity contribution >= 4 is 107 Å². The number of H-pyrrole nitrogens is 1. The number of carboxylic acids is 3. The van der Waals surface area contributed by atoms with E-state index in [1.807, 2.05) is 0 Å². The summed E-state index contributed by atoms with van der Waals surface area (Å²) in [6.07, 6.45) is 3.65. The van der Waals surface area contributed by atoms with Crippen molar-refractivity contribution in [2.24, 2.45) is 85.3 Å². The van der Waals surface area contributed by atoms with Gasteiger partial charge in [0.2, 0.25) is 76.8 Å². The SMILES string of the molecule is CC[C@H](C)[C@H](NC(=O)[C@@H](NC(=O)[C@H](CC(=O)O)NC(=O)[C@H](CCCN=C(N)N)NC(=O)CNC(=O)[C@H](CCCCN)NC(=O)[C@H](Cc1cnc[nH]1)NC(=O)[C@@H](N)CCCCN)C(C)C)C(=O)N[C@@H](CC(C)C)C(=O)N[C@@H](CCCCN)C(=O)N[C@@H](CCCCN)C(=O)N[C@@H](CC(=O)O)C(=O)N[C@H](C(=O)N[C@@H](CCCN=C(N)N)C(=O)O)C(C)C. The van der Waals surface area contributed by atoms with Gasteiger partial charge in [0.05, 0.1) is 31.8 Å². The summed E-state index contributed by atoms with van der Waals surface area (Å²) in [6, 6.07) is -19.3. The Morgan fingerprint density at radius 3 is 1.14 bits per heavy atom. The van der Waals surface area contributed by atoms with Crippen LogP contribution in [0, 0.1) is 23.7 Å². The highest BCUT2D eigenvalue weighted by Gasteiger charge is 2.40. The first-order chi connectivity index (χ1) is 56.1. The van der Waals surface area contributed by atoms with Crippen LogP contribution in [0.15, 0.2) is 22.5 Å². The van der Waals surface area contributed by atoms with E-state index in [1.54, 1.807) is 27.7 Å². The molecular formula is C74H134N26O19. The number of rotatable bonds is 63. The van der Waals surface area contributed by atoms with Crippen LogP contribution in [0.5, 0.6) is 0 Å². The van der Waals surface area contributed by atoms with Gasteiger partial charge in [0.25, 0.3) is 0 Å². The van der Waals surface area contributed by atoms with Crippen LogP contribution in [0.2, 0.25) is 0 Å². The van der Waals surface area contributed by atoms with Gasteiger partial charge < -0.3 is 141 Å². The van der Waals surface area contributed by atoms with E-state index >= 15 is 0 Å². The molecule has 1 aromatic heterocycles. The Kier molecular flexibility index (Phi) is 51.7. The third-order valence-electron chi connectivity index (χ3n) is 18.9.